The average molecular weight is 223 g/mol. The van der Waals surface area contributed by atoms with Crippen molar-refractivity contribution in [2.75, 3.05) is 25.5 Å². The van der Waals surface area contributed by atoms with Crippen LogP contribution in [0.4, 0.5) is 5.82 Å². The van der Waals surface area contributed by atoms with Gasteiger partial charge in [0.05, 0.1) is 0 Å². The first-order valence-electron chi connectivity index (χ1n) is 5.54. The second-order valence-electron chi connectivity index (χ2n) is 3.91. The quantitative estimate of drug-likeness (QED) is 0.578. The Balaban J connectivity index is 1.91. The molecule has 1 fully saturated rings. The van der Waals surface area contributed by atoms with E-state index in [1.807, 2.05) is 0 Å². The lowest BCUT2D eigenvalue weighted by molar-refractivity contribution is 0.0924. The smallest absolute Gasteiger partial charge is 0.269 e. The van der Waals surface area contributed by atoms with Gasteiger partial charge >= 0.3 is 0 Å². The summed E-state index contributed by atoms with van der Waals surface area (Å²) in [5.74, 6) is 0.594. The van der Waals surface area contributed by atoms with Crippen LogP contribution in [0.1, 0.15) is 23.3 Å². The van der Waals surface area contributed by atoms with Crippen LogP contribution in [0.25, 0.3) is 0 Å². The Morgan fingerprint density at radius 2 is 2.25 bits per heavy atom. The molecular formula is C10H17N5O. The van der Waals surface area contributed by atoms with Crippen LogP contribution in [0.2, 0.25) is 0 Å². The van der Waals surface area contributed by atoms with Crippen molar-refractivity contribution < 1.29 is 4.79 Å². The Bertz CT molecular complexity index is 356. The van der Waals surface area contributed by atoms with Gasteiger partial charge in [-0.2, -0.15) is 5.10 Å². The van der Waals surface area contributed by atoms with Gasteiger partial charge in [0.25, 0.3) is 5.91 Å². The molecule has 6 nitrogen and oxygen atoms in total. The molecule has 0 unspecified atom stereocenters. The molecule has 0 spiro atoms. The van der Waals surface area contributed by atoms with Crippen molar-refractivity contribution in [1.82, 2.24) is 20.8 Å². The largest absolute Gasteiger partial charge is 0.372 e. The van der Waals surface area contributed by atoms with Crippen molar-refractivity contribution >= 4 is 11.7 Å². The van der Waals surface area contributed by atoms with Crippen LogP contribution in [0, 0.1) is 0 Å². The minimum absolute atomic E-state index is 0.0825. The molecule has 0 aliphatic carbocycles. The van der Waals surface area contributed by atoms with Gasteiger partial charge in [0.15, 0.2) is 0 Å². The van der Waals surface area contributed by atoms with Crippen LogP contribution in [0.15, 0.2) is 6.07 Å². The Hall–Kier alpha value is -1.56. The fourth-order valence-corrected chi connectivity index (χ4v) is 1.80. The highest BCUT2D eigenvalue weighted by Crippen LogP contribution is 2.06. The molecule has 0 aromatic carbocycles. The zero-order valence-electron chi connectivity index (χ0n) is 9.34. The van der Waals surface area contributed by atoms with E-state index in [4.69, 9.17) is 0 Å². The highest BCUT2D eigenvalue weighted by molar-refractivity contribution is 5.93. The molecular weight excluding hydrogens is 206 g/mol. The van der Waals surface area contributed by atoms with Crippen molar-refractivity contribution in [3.05, 3.63) is 11.8 Å². The lowest BCUT2D eigenvalue weighted by Gasteiger charge is -2.23. The van der Waals surface area contributed by atoms with E-state index in [9.17, 15) is 4.79 Å². The topological polar surface area (TPSA) is 81.8 Å². The molecule has 1 saturated heterocycles. The Kier molecular flexibility index (Phi) is 3.40. The number of carbonyl (C=O) groups excluding carboxylic acids is 1. The maximum Gasteiger partial charge on any atom is 0.269 e. The minimum Gasteiger partial charge on any atom is -0.372 e. The maximum atomic E-state index is 11.8. The number of anilines is 1. The number of nitrogens with one attached hydrogen (secondary N) is 4. The van der Waals surface area contributed by atoms with E-state index in [1.54, 1.807) is 13.1 Å². The predicted molar refractivity (Wildman–Crippen MR) is 61.5 cm³/mol. The SMILES string of the molecule is CNc1cc(C(=O)NC2CCNCC2)[nH]n1. The second kappa shape index (κ2) is 4.98. The Morgan fingerprint density at radius 3 is 2.88 bits per heavy atom. The number of amides is 1. The van der Waals surface area contributed by atoms with Crippen LogP contribution >= 0.6 is 0 Å². The van der Waals surface area contributed by atoms with E-state index >= 15 is 0 Å². The molecule has 0 saturated carbocycles. The van der Waals surface area contributed by atoms with Crippen molar-refractivity contribution in [3.63, 3.8) is 0 Å². The van der Waals surface area contributed by atoms with Crippen LogP contribution in [-0.2, 0) is 0 Å². The first kappa shape index (κ1) is 10.9. The molecule has 0 radical (unpaired) electrons. The summed E-state index contributed by atoms with van der Waals surface area (Å²) in [6.07, 6.45) is 1.97. The number of aromatic nitrogens is 2. The van der Waals surface area contributed by atoms with Crippen molar-refractivity contribution in [2.45, 2.75) is 18.9 Å². The molecule has 1 aromatic heterocycles. The first-order chi connectivity index (χ1) is 7.79. The van der Waals surface area contributed by atoms with Gasteiger partial charge in [-0.1, -0.05) is 0 Å². The van der Waals surface area contributed by atoms with Gasteiger partial charge in [0.2, 0.25) is 0 Å². The number of hydrogen-bond donors (Lipinski definition) is 4. The first-order valence-corrected chi connectivity index (χ1v) is 5.54. The zero-order chi connectivity index (χ0) is 11.4. The summed E-state index contributed by atoms with van der Waals surface area (Å²) in [7, 11) is 1.77. The van der Waals surface area contributed by atoms with Gasteiger partial charge in [-0.15, -0.1) is 0 Å². The van der Waals surface area contributed by atoms with E-state index in [0.717, 1.165) is 25.9 Å². The van der Waals surface area contributed by atoms with Crippen LogP contribution < -0.4 is 16.0 Å². The molecule has 2 rings (SSSR count). The van der Waals surface area contributed by atoms with Gasteiger partial charge in [-0.25, -0.2) is 0 Å². The molecule has 0 atom stereocenters. The van der Waals surface area contributed by atoms with Gasteiger partial charge in [-0.05, 0) is 25.9 Å². The van der Waals surface area contributed by atoms with Crippen LogP contribution in [0.3, 0.4) is 0 Å². The van der Waals surface area contributed by atoms with E-state index in [2.05, 4.69) is 26.1 Å². The number of carbonyl (C=O) groups is 1. The molecule has 2 heterocycles. The number of H-pyrrole nitrogens is 1. The second-order valence-corrected chi connectivity index (χ2v) is 3.91. The zero-order valence-corrected chi connectivity index (χ0v) is 9.34. The molecule has 16 heavy (non-hydrogen) atoms. The molecule has 0 bridgehead atoms. The van der Waals surface area contributed by atoms with Gasteiger partial charge in [0.1, 0.15) is 11.5 Å². The summed E-state index contributed by atoms with van der Waals surface area (Å²) in [4.78, 5) is 11.8. The standard InChI is InChI=1S/C10H17N5O/c1-11-9-6-8(14-15-9)10(16)13-7-2-4-12-5-3-7/h6-7,12H,2-5H2,1H3,(H,13,16)(H2,11,14,15). The maximum absolute atomic E-state index is 11.8. The van der Waals surface area contributed by atoms with E-state index in [1.165, 1.54) is 0 Å². The molecule has 6 heteroatoms. The lowest BCUT2D eigenvalue weighted by atomic mass is 10.1. The van der Waals surface area contributed by atoms with Gasteiger partial charge in [-0.3, -0.25) is 9.89 Å². The highest BCUT2D eigenvalue weighted by Gasteiger charge is 2.17. The average Bonchev–Trinajstić information content (AvgIpc) is 2.79. The third-order valence-electron chi connectivity index (χ3n) is 2.75. The summed E-state index contributed by atoms with van der Waals surface area (Å²) >= 11 is 0. The number of hydrogen-bond acceptors (Lipinski definition) is 4. The summed E-state index contributed by atoms with van der Waals surface area (Å²) in [6, 6.07) is 1.98. The molecule has 4 N–H and O–H groups in total. The third kappa shape index (κ3) is 2.52. The fraction of sp³-hybridized carbons (Fsp3) is 0.600. The fourth-order valence-electron chi connectivity index (χ4n) is 1.80. The molecule has 1 amide bonds. The molecule has 1 aromatic rings. The number of rotatable bonds is 3. The van der Waals surface area contributed by atoms with E-state index < -0.39 is 0 Å². The minimum atomic E-state index is -0.0825. The molecule has 1 aliphatic rings. The van der Waals surface area contributed by atoms with Crippen molar-refractivity contribution in [3.8, 4) is 0 Å². The van der Waals surface area contributed by atoms with E-state index in [0.29, 0.717) is 11.5 Å². The Morgan fingerprint density at radius 1 is 1.50 bits per heavy atom. The number of piperidine rings is 1. The van der Waals surface area contributed by atoms with Gasteiger partial charge < -0.3 is 16.0 Å². The summed E-state index contributed by atoms with van der Waals surface area (Å²) in [5.41, 5.74) is 0.503. The lowest BCUT2D eigenvalue weighted by Crippen LogP contribution is -2.42. The Labute approximate surface area is 94.2 Å². The highest BCUT2D eigenvalue weighted by atomic mass is 16.2. The third-order valence-corrected chi connectivity index (χ3v) is 2.75. The van der Waals surface area contributed by atoms with E-state index in [-0.39, 0.29) is 11.9 Å². The molecule has 88 valence electrons. The van der Waals surface area contributed by atoms with Crippen molar-refractivity contribution in [2.24, 2.45) is 0 Å². The van der Waals surface area contributed by atoms with Gasteiger partial charge in [0, 0.05) is 19.2 Å². The monoisotopic (exact) mass is 223 g/mol. The van der Waals surface area contributed by atoms with Crippen LogP contribution in [-0.4, -0.2) is 42.3 Å². The summed E-state index contributed by atoms with van der Waals surface area (Å²) in [5, 5.41) is 15.8. The summed E-state index contributed by atoms with van der Waals surface area (Å²) in [6.45, 7) is 1.94. The summed E-state index contributed by atoms with van der Waals surface area (Å²) < 4.78 is 0. The van der Waals surface area contributed by atoms with Crippen LogP contribution in [0.5, 0.6) is 0 Å². The predicted octanol–water partition coefficient (Wildman–Crippen LogP) is -0.0668. The number of nitrogens with zero attached hydrogens (tertiary/aromatic N) is 1. The normalized spacial score (nSPS) is 17.1. The number of aromatic amines is 1. The molecule has 1 aliphatic heterocycles. The van der Waals surface area contributed by atoms with Crippen molar-refractivity contribution in [1.29, 1.82) is 0 Å².